The third-order valence-corrected chi connectivity index (χ3v) is 4.72. The van der Waals surface area contributed by atoms with Gasteiger partial charge in [-0.05, 0) is 24.3 Å². The van der Waals surface area contributed by atoms with Crippen molar-refractivity contribution in [3.63, 3.8) is 0 Å². The second-order valence-electron chi connectivity index (χ2n) is 6.66. The van der Waals surface area contributed by atoms with Gasteiger partial charge in [0, 0.05) is 25.7 Å². The second-order valence-corrected chi connectivity index (χ2v) is 6.66. The van der Waals surface area contributed by atoms with E-state index in [1.165, 1.54) is 4.68 Å². The zero-order chi connectivity index (χ0) is 20.8. The third kappa shape index (κ3) is 2.84. The number of nitrogens with zero attached hydrogens (tertiary/aromatic N) is 7. The van der Waals surface area contributed by atoms with Crippen LogP contribution in [-0.4, -0.2) is 34.7 Å². The van der Waals surface area contributed by atoms with Crippen LogP contribution in [-0.2, 0) is 7.05 Å². The van der Waals surface area contributed by atoms with Gasteiger partial charge < -0.3 is 4.52 Å². The van der Waals surface area contributed by atoms with E-state index in [1.807, 2.05) is 6.07 Å². The number of pyridine rings is 1. The molecule has 0 spiro atoms. The van der Waals surface area contributed by atoms with Crippen molar-refractivity contribution in [2.75, 3.05) is 0 Å². The standard InChI is InChI=1S/C20H15F2N7O/c1-11-24-19(27-30-11)13-10-14(15-8-9-23-28(15)2)25-20-16(13)17(18(21)22)26-29(20)12-6-4-3-5-7-12/h3-10,18H,1-2H3. The van der Waals surface area contributed by atoms with E-state index in [-0.39, 0.29) is 16.9 Å². The molecule has 4 heterocycles. The number of hydrogen-bond acceptors (Lipinski definition) is 6. The van der Waals surface area contributed by atoms with E-state index in [1.54, 1.807) is 61.2 Å². The van der Waals surface area contributed by atoms with Crippen LogP contribution in [0.15, 0.2) is 53.2 Å². The van der Waals surface area contributed by atoms with Gasteiger partial charge in [-0.2, -0.15) is 15.2 Å². The van der Waals surface area contributed by atoms with E-state index < -0.39 is 12.1 Å². The Balaban J connectivity index is 1.91. The van der Waals surface area contributed by atoms with Crippen LogP contribution in [0.4, 0.5) is 8.78 Å². The van der Waals surface area contributed by atoms with E-state index >= 15 is 0 Å². The molecule has 0 amide bonds. The van der Waals surface area contributed by atoms with Crippen molar-refractivity contribution in [2.24, 2.45) is 7.05 Å². The number of halogens is 2. The van der Waals surface area contributed by atoms with E-state index in [9.17, 15) is 8.78 Å². The molecule has 0 unspecified atom stereocenters. The number of rotatable bonds is 4. The predicted octanol–water partition coefficient (Wildman–Crippen LogP) is 4.12. The van der Waals surface area contributed by atoms with E-state index in [0.717, 1.165) is 0 Å². The summed E-state index contributed by atoms with van der Waals surface area (Å²) >= 11 is 0. The summed E-state index contributed by atoms with van der Waals surface area (Å²) < 4.78 is 36.1. The monoisotopic (exact) mass is 407 g/mol. The minimum absolute atomic E-state index is 0.181. The van der Waals surface area contributed by atoms with Crippen LogP contribution in [0.3, 0.4) is 0 Å². The Hall–Kier alpha value is -3.95. The van der Waals surface area contributed by atoms with Crippen molar-refractivity contribution >= 4 is 11.0 Å². The van der Waals surface area contributed by atoms with Crippen molar-refractivity contribution in [3.05, 3.63) is 60.2 Å². The summed E-state index contributed by atoms with van der Waals surface area (Å²) in [5.41, 5.74) is 2.09. The van der Waals surface area contributed by atoms with Gasteiger partial charge in [0.25, 0.3) is 6.43 Å². The summed E-state index contributed by atoms with van der Waals surface area (Å²) in [5, 5.41) is 12.5. The van der Waals surface area contributed by atoms with E-state index in [4.69, 9.17) is 4.52 Å². The lowest BCUT2D eigenvalue weighted by Crippen LogP contribution is -2.01. The largest absolute Gasteiger partial charge is 0.339 e. The molecule has 30 heavy (non-hydrogen) atoms. The molecule has 0 aliphatic heterocycles. The van der Waals surface area contributed by atoms with Crippen molar-refractivity contribution in [1.82, 2.24) is 34.7 Å². The number of aryl methyl sites for hydroxylation is 2. The fourth-order valence-electron chi connectivity index (χ4n) is 3.39. The summed E-state index contributed by atoms with van der Waals surface area (Å²) in [5.74, 6) is 0.518. The Bertz CT molecular complexity index is 1350. The van der Waals surface area contributed by atoms with Crippen LogP contribution in [0.5, 0.6) is 0 Å². The highest BCUT2D eigenvalue weighted by atomic mass is 19.3. The summed E-state index contributed by atoms with van der Waals surface area (Å²) in [7, 11) is 1.78. The number of para-hydroxylation sites is 1. The zero-order valence-corrected chi connectivity index (χ0v) is 16.0. The van der Waals surface area contributed by atoms with Gasteiger partial charge in [-0.1, -0.05) is 23.4 Å². The van der Waals surface area contributed by atoms with Crippen LogP contribution in [0, 0.1) is 6.92 Å². The van der Waals surface area contributed by atoms with Crippen molar-refractivity contribution in [2.45, 2.75) is 13.3 Å². The van der Waals surface area contributed by atoms with E-state index in [2.05, 4.69) is 25.3 Å². The SMILES string of the molecule is Cc1nc(-c2cc(-c3ccnn3C)nc3c2c(C(F)F)nn3-c2ccccc2)no1. The molecular formula is C20H15F2N7O. The van der Waals surface area contributed by atoms with Gasteiger partial charge in [-0.15, -0.1) is 0 Å². The minimum Gasteiger partial charge on any atom is -0.339 e. The molecule has 1 aromatic carbocycles. The molecule has 8 nitrogen and oxygen atoms in total. The predicted molar refractivity (Wildman–Crippen MR) is 104 cm³/mol. The number of alkyl halides is 2. The highest BCUT2D eigenvalue weighted by Gasteiger charge is 2.27. The first-order valence-corrected chi connectivity index (χ1v) is 9.09. The molecule has 0 N–H and O–H groups in total. The molecule has 150 valence electrons. The van der Waals surface area contributed by atoms with Gasteiger partial charge in [0.05, 0.1) is 22.5 Å². The topological polar surface area (TPSA) is 87.5 Å². The van der Waals surface area contributed by atoms with Gasteiger partial charge in [0.15, 0.2) is 5.65 Å². The van der Waals surface area contributed by atoms with Crippen LogP contribution in [0.25, 0.3) is 39.5 Å². The Morgan fingerprint density at radius 1 is 1.07 bits per heavy atom. The molecule has 0 aliphatic rings. The van der Waals surface area contributed by atoms with Crippen LogP contribution in [0.2, 0.25) is 0 Å². The molecule has 0 aliphatic carbocycles. The summed E-state index contributed by atoms with van der Waals surface area (Å²) in [6.07, 6.45) is -1.17. The molecule has 5 rings (SSSR count). The summed E-state index contributed by atoms with van der Waals surface area (Å²) in [6, 6.07) is 12.4. The molecule has 0 radical (unpaired) electrons. The van der Waals surface area contributed by atoms with Crippen molar-refractivity contribution in [1.29, 1.82) is 0 Å². The highest BCUT2D eigenvalue weighted by molar-refractivity contribution is 5.96. The first kappa shape index (κ1) is 18.1. The maximum atomic E-state index is 14.0. The average molecular weight is 407 g/mol. The zero-order valence-electron chi connectivity index (χ0n) is 16.0. The maximum Gasteiger partial charge on any atom is 0.282 e. The van der Waals surface area contributed by atoms with Gasteiger partial charge in [0.2, 0.25) is 11.7 Å². The fourth-order valence-corrected chi connectivity index (χ4v) is 3.39. The van der Waals surface area contributed by atoms with Gasteiger partial charge in [0.1, 0.15) is 5.69 Å². The summed E-state index contributed by atoms with van der Waals surface area (Å²) in [6.45, 7) is 1.64. The Morgan fingerprint density at radius 2 is 1.87 bits per heavy atom. The number of fused-ring (bicyclic) bond motifs is 1. The molecule has 4 aromatic heterocycles. The van der Waals surface area contributed by atoms with Crippen LogP contribution in [0.1, 0.15) is 18.0 Å². The molecular weight excluding hydrogens is 392 g/mol. The van der Waals surface area contributed by atoms with Crippen molar-refractivity contribution in [3.8, 4) is 28.5 Å². The Labute approximate surface area is 168 Å². The van der Waals surface area contributed by atoms with Crippen LogP contribution < -0.4 is 0 Å². The fraction of sp³-hybridized carbons (Fsp3) is 0.150. The second kappa shape index (κ2) is 6.83. The minimum atomic E-state index is -2.81. The molecule has 0 saturated carbocycles. The number of hydrogen-bond donors (Lipinski definition) is 0. The average Bonchev–Trinajstić information content (AvgIpc) is 3.46. The number of benzene rings is 1. The first-order chi connectivity index (χ1) is 14.5. The molecule has 5 aromatic rings. The smallest absolute Gasteiger partial charge is 0.282 e. The van der Waals surface area contributed by atoms with Gasteiger partial charge >= 0.3 is 0 Å². The number of aromatic nitrogens is 7. The summed E-state index contributed by atoms with van der Waals surface area (Å²) in [4.78, 5) is 8.92. The normalized spacial score (nSPS) is 11.6. The lowest BCUT2D eigenvalue weighted by Gasteiger charge is -2.08. The lowest BCUT2D eigenvalue weighted by molar-refractivity contribution is 0.147. The van der Waals surface area contributed by atoms with Gasteiger partial charge in [-0.3, -0.25) is 4.68 Å². The van der Waals surface area contributed by atoms with E-state index in [0.29, 0.717) is 28.5 Å². The third-order valence-electron chi connectivity index (χ3n) is 4.72. The van der Waals surface area contributed by atoms with Gasteiger partial charge in [-0.25, -0.2) is 18.4 Å². The highest BCUT2D eigenvalue weighted by Crippen LogP contribution is 2.37. The quantitative estimate of drug-likeness (QED) is 0.445. The molecule has 0 bridgehead atoms. The Kier molecular flexibility index (Phi) is 4.12. The molecule has 0 atom stereocenters. The lowest BCUT2D eigenvalue weighted by atomic mass is 10.1. The van der Waals surface area contributed by atoms with Crippen LogP contribution >= 0.6 is 0 Å². The first-order valence-electron chi connectivity index (χ1n) is 9.09. The Morgan fingerprint density at radius 3 is 2.50 bits per heavy atom. The maximum absolute atomic E-state index is 14.0. The van der Waals surface area contributed by atoms with Crippen molar-refractivity contribution < 1.29 is 13.3 Å². The molecule has 10 heteroatoms. The molecule has 0 fully saturated rings. The molecule has 0 saturated heterocycles.